The van der Waals surface area contributed by atoms with E-state index in [0.29, 0.717) is 0 Å². The van der Waals surface area contributed by atoms with Crippen molar-refractivity contribution in [1.29, 1.82) is 0 Å². The number of aryl methyl sites for hydroxylation is 2. The number of benzene rings is 2. The minimum Gasteiger partial charge on any atom is -1.00 e. The van der Waals surface area contributed by atoms with E-state index in [4.69, 9.17) is 4.98 Å². The van der Waals surface area contributed by atoms with Gasteiger partial charge in [-0.1, -0.05) is 7.43 Å². The number of rotatable bonds is 1. The molecule has 1 heterocycles. The zero-order chi connectivity index (χ0) is 16.0. The highest BCUT2D eigenvalue weighted by molar-refractivity contribution is 7.21. The zero-order valence-electron chi connectivity index (χ0n) is 14.4. The molecule has 2 aliphatic rings. The van der Waals surface area contributed by atoms with Crippen LogP contribution in [0.2, 0.25) is 0 Å². The van der Waals surface area contributed by atoms with Crippen LogP contribution in [-0.4, -0.2) is 33.2 Å². The molecule has 3 nitrogen and oxygen atoms in total. The predicted molar refractivity (Wildman–Crippen MR) is 104 cm³/mol. The summed E-state index contributed by atoms with van der Waals surface area (Å²) < 4.78 is 3.39. The Balaban J connectivity index is 0.00000144. The van der Waals surface area contributed by atoms with E-state index >= 15 is 0 Å². The van der Waals surface area contributed by atoms with Gasteiger partial charge in [-0.05, 0) is 37.1 Å². The Bertz CT molecular complexity index is 908. The summed E-state index contributed by atoms with van der Waals surface area (Å²) in [6.07, 6.45) is 0. The number of hydrogen-bond acceptors (Lipinski definition) is 3. The molecule has 0 fully saturated rings. The van der Waals surface area contributed by atoms with Crippen molar-refractivity contribution in [2.45, 2.75) is 21.3 Å². The molecule has 0 unspecified atom stereocenters. The molecule has 0 atom stereocenters. The van der Waals surface area contributed by atoms with Crippen molar-refractivity contribution in [3.63, 3.8) is 0 Å². The molecule has 0 N–H and O–H groups in total. The molecule has 1 aromatic rings. The van der Waals surface area contributed by atoms with E-state index in [-0.39, 0.29) is 19.8 Å². The number of aromatic nitrogens is 1. The molecule has 0 bridgehead atoms. The lowest BCUT2D eigenvalue weighted by Crippen LogP contribution is -3.00. The monoisotopic (exact) mass is 363 g/mol. The summed E-state index contributed by atoms with van der Waals surface area (Å²) in [6.45, 7) is 4.29. The van der Waals surface area contributed by atoms with Crippen LogP contribution in [0.5, 0.6) is 0 Å². The highest BCUT2D eigenvalue weighted by Crippen LogP contribution is 2.34. The van der Waals surface area contributed by atoms with Crippen molar-refractivity contribution in [1.82, 2.24) is 9.56 Å². The van der Waals surface area contributed by atoms with Gasteiger partial charge in [0.2, 0.25) is 5.36 Å². The highest BCUT2D eigenvalue weighted by Gasteiger charge is 2.14. The zero-order valence-corrected chi connectivity index (χ0v) is 16.0. The van der Waals surface area contributed by atoms with Gasteiger partial charge in [-0.15, -0.1) is 11.3 Å². The first-order chi connectivity index (χ1) is 10.4. The second-order valence-corrected chi connectivity index (χ2v) is 7.31. The van der Waals surface area contributed by atoms with Gasteiger partial charge in [-0.25, -0.2) is 9.56 Å². The Kier molecular flexibility index (Phi) is 6.37. The molecule has 1 aliphatic heterocycles. The average Bonchev–Trinajstić information content (AvgIpc) is 2.45. The van der Waals surface area contributed by atoms with Crippen molar-refractivity contribution in [3.8, 4) is 10.6 Å². The standard InChI is InChI=1S/C18H22N3S.CH4.ClH/c1-11-7-13(20(3)4)9-15-17(11)19-18-12(2)8-14(21(5)6)10-16(18)22-15;;/h7-10H,1-6H3;1H4;1H/q+1;;/p-1. The third-order valence-electron chi connectivity index (χ3n) is 3.98. The summed E-state index contributed by atoms with van der Waals surface area (Å²) in [5, 5.41) is 1.22. The average molecular weight is 364 g/mol. The molecule has 1 aliphatic carbocycles. The van der Waals surface area contributed by atoms with Gasteiger partial charge >= 0.3 is 0 Å². The molecule has 130 valence electrons. The first-order valence-electron chi connectivity index (χ1n) is 7.40. The fraction of sp³-hybridized carbons (Fsp3) is 0.368. The van der Waals surface area contributed by atoms with Gasteiger partial charge in [0.25, 0.3) is 0 Å². The van der Waals surface area contributed by atoms with Crippen LogP contribution in [0.25, 0.3) is 20.8 Å². The maximum absolute atomic E-state index is 4.95. The lowest BCUT2D eigenvalue weighted by molar-refractivity contribution is -0.00000505. The molecule has 0 amide bonds. The Morgan fingerprint density at radius 2 is 1.67 bits per heavy atom. The van der Waals surface area contributed by atoms with Gasteiger partial charge in [0, 0.05) is 31.9 Å². The van der Waals surface area contributed by atoms with E-state index in [1.807, 2.05) is 11.3 Å². The Labute approximate surface area is 155 Å². The second kappa shape index (κ2) is 7.49. The van der Waals surface area contributed by atoms with Crippen molar-refractivity contribution < 1.29 is 12.4 Å². The fourth-order valence-corrected chi connectivity index (χ4v) is 3.85. The van der Waals surface area contributed by atoms with Gasteiger partial charge in [-0.3, -0.25) is 0 Å². The normalized spacial score (nSPS) is 10.2. The third kappa shape index (κ3) is 3.55. The van der Waals surface area contributed by atoms with Gasteiger partial charge < -0.3 is 17.3 Å². The SMILES string of the molecule is C.Cc1cc(=[N+](C)C)cc2sc3cc(N(C)C)cc(C)c3nc1-2.[Cl-]. The van der Waals surface area contributed by atoms with Crippen LogP contribution >= 0.6 is 11.3 Å². The van der Waals surface area contributed by atoms with Crippen molar-refractivity contribution in [2.24, 2.45) is 0 Å². The van der Waals surface area contributed by atoms with E-state index in [1.165, 1.54) is 31.7 Å². The summed E-state index contributed by atoms with van der Waals surface area (Å²) in [7, 11) is 8.31. The van der Waals surface area contributed by atoms with Gasteiger partial charge in [0.1, 0.15) is 14.1 Å². The Morgan fingerprint density at radius 3 is 2.25 bits per heavy atom. The summed E-state index contributed by atoms with van der Waals surface area (Å²) >= 11 is 1.83. The van der Waals surface area contributed by atoms with Crippen LogP contribution < -0.4 is 27.2 Å². The van der Waals surface area contributed by atoms with Crippen LogP contribution in [0.4, 0.5) is 5.69 Å². The lowest BCUT2D eigenvalue weighted by Gasteiger charge is -2.16. The van der Waals surface area contributed by atoms with Crippen molar-refractivity contribution in [2.75, 3.05) is 33.1 Å². The van der Waals surface area contributed by atoms with Gasteiger partial charge in [0.15, 0.2) is 0 Å². The molecule has 1 aromatic carbocycles. The number of halogens is 1. The molecule has 0 aromatic heterocycles. The van der Waals surface area contributed by atoms with Crippen LogP contribution in [0.15, 0.2) is 24.3 Å². The lowest BCUT2D eigenvalue weighted by atomic mass is 10.1. The van der Waals surface area contributed by atoms with Gasteiger partial charge in [-0.2, -0.15) is 0 Å². The maximum Gasteiger partial charge on any atom is 0.201 e. The molecule has 24 heavy (non-hydrogen) atoms. The number of hydrogen-bond donors (Lipinski definition) is 0. The summed E-state index contributed by atoms with van der Waals surface area (Å²) in [4.78, 5) is 8.34. The van der Waals surface area contributed by atoms with E-state index in [9.17, 15) is 0 Å². The molecular weight excluding hydrogens is 338 g/mol. The van der Waals surface area contributed by atoms with Crippen LogP contribution in [0, 0.1) is 13.8 Å². The molecule has 0 saturated heterocycles. The summed E-state index contributed by atoms with van der Waals surface area (Å²) in [5.74, 6) is 0. The number of anilines is 1. The molecule has 3 rings (SSSR count). The molecule has 5 heteroatoms. The summed E-state index contributed by atoms with van der Waals surface area (Å²) in [6, 6.07) is 8.88. The maximum atomic E-state index is 4.95. The number of nitrogens with zero attached hydrogens (tertiary/aromatic N) is 3. The van der Waals surface area contributed by atoms with E-state index < -0.39 is 0 Å². The molecule has 0 radical (unpaired) electrons. The largest absolute Gasteiger partial charge is 1.00 e. The quantitative estimate of drug-likeness (QED) is 0.469. The molecule has 0 saturated carbocycles. The summed E-state index contributed by atoms with van der Waals surface area (Å²) in [5.41, 5.74) is 5.92. The number of fused-ring (bicyclic) bond motifs is 2. The minimum atomic E-state index is 0. The van der Waals surface area contributed by atoms with Crippen LogP contribution in [0.1, 0.15) is 18.6 Å². The Hall–Kier alpha value is -1.65. The van der Waals surface area contributed by atoms with Crippen LogP contribution in [0.3, 0.4) is 0 Å². The third-order valence-corrected chi connectivity index (χ3v) is 5.04. The minimum absolute atomic E-state index is 0. The topological polar surface area (TPSA) is 19.1 Å². The Morgan fingerprint density at radius 1 is 1.00 bits per heavy atom. The molecular formula is C19H26ClN3S. The second-order valence-electron chi connectivity index (χ2n) is 6.22. The molecule has 0 spiro atoms. The first-order valence-corrected chi connectivity index (χ1v) is 8.22. The highest BCUT2D eigenvalue weighted by atomic mass is 35.5. The van der Waals surface area contributed by atoms with E-state index in [2.05, 4.69) is 75.8 Å². The van der Waals surface area contributed by atoms with Gasteiger partial charge in [0.05, 0.1) is 20.8 Å². The van der Waals surface area contributed by atoms with Crippen molar-refractivity contribution in [3.05, 3.63) is 40.7 Å². The fourth-order valence-electron chi connectivity index (χ4n) is 2.65. The first kappa shape index (κ1) is 20.4. The van der Waals surface area contributed by atoms with Crippen LogP contribution in [-0.2, 0) is 0 Å². The van der Waals surface area contributed by atoms with E-state index in [1.54, 1.807) is 0 Å². The van der Waals surface area contributed by atoms with Crippen molar-refractivity contribution >= 4 is 27.2 Å². The smallest absolute Gasteiger partial charge is 0.201 e. The predicted octanol–water partition coefficient (Wildman–Crippen LogP) is 0.756. The van der Waals surface area contributed by atoms with E-state index in [0.717, 1.165) is 11.2 Å².